The van der Waals surface area contributed by atoms with Crippen molar-refractivity contribution in [2.45, 2.75) is 33.7 Å². The first-order chi connectivity index (χ1) is 13.4. The van der Waals surface area contributed by atoms with Crippen LogP contribution < -0.4 is 15.5 Å². The smallest absolute Gasteiger partial charge is 0.338 e. The van der Waals surface area contributed by atoms with Crippen LogP contribution >= 0.6 is 0 Å². The number of amides is 2. The highest BCUT2D eigenvalue weighted by Gasteiger charge is 2.30. The van der Waals surface area contributed by atoms with Crippen molar-refractivity contribution in [3.63, 3.8) is 0 Å². The van der Waals surface area contributed by atoms with Gasteiger partial charge in [-0.15, -0.1) is 0 Å². The number of ether oxygens (including phenoxy) is 2. The number of carbonyl (C=O) groups is 3. The second-order valence-corrected chi connectivity index (χ2v) is 6.23. The lowest BCUT2D eigenvalue weighted by Gasteiger charge is -2.26. The molecule has 0 saturated carbocycles. The third kappa shape index (κ3) is 5.03. The fourth-order valence-electron chi connectivity index (χ4n) is 3.01. The zero-order valence-corrected chi connectivity index (χ0v) is 16.7. The van der Waals surface area contributed by atoms with Crippen LogP contribution in [0.25, 0.3) is 0 Å². The van der Waals surface area contributed by atoms with Gasteiger partial charge in [0.25, 0.3) is 0 Å². The van der Waals surface area contributed by atoms with Gasteiger partial charge in [-0.3, -0.25) is 0 Å². The van der Waals surface area contributed by atoms with Crippen molar-refractivity contribution in [1.29, 1.82) is 0 Å². The maximum Gasteiger partial charge on any atom is 0.338 e. The average molecular weight is 389 g/mol. The molecular weight excluding hydrogens is 362 g/mol. The van der Waals surface area contributed by atoms with Gasteiger partial charge in [-0.25, -0.2) is 14.4 Å². The molecule has 0 fully saturated rings. The molecular formula is C20H27N3O5. The Balaban J connectivity index is 2.11. The summed E-state index contributed by atoms with van der Waals surface area (Å²) in [5.41, 5.74) is 1.88. The summed E-state index contributed by atoms with van der Waals surface area (Å²) in [6.07, 6.45) is 0. The molecule has 8 nitrogen and oxygen atoms in total. The molecule has 0 bridgehead atoms. The first kappa shape index (κ1) is 21.3. The maximum absolute atomic E-state index is 12.4. The van der Waals surface area contributed by atoms with Gasteiger partial charge in [-0.2, -0.15) is 0 Å². The summed E-state index contributed by atoms with van der Waals surface area (Å²) in [6.45, 7) is 9.20. The monoisotopic (exact) mass is 389 g/mol. The van der Waals surface area contributed by atoms with E-state index in [0.29, 0.717) is 5.56 Å². The van der Waals surface area contributed by atoms with Crippen molar-refractivity contribution >= 4 is 23.7 Å². The summed E-state index contributed by atoms with van der Waals surface area (Å²) in [6, 6.07) is 6.10. The molecule has 8 heteroatoms. The lowest BCUT2D eigenvalue weighted by molar-refractivity contribution is -0.139. The van der Waals surface area contributed by atoms with E-state index >= 15 is 0 Å². The summed E-state index contributed by atoms with van der Waals surface area (Å²) in [4.78, 5) is 38.4. The van der Waals surface area contributed by atoms with Gasteiger partial charge in [0.15, 0.2) is 0 Å². The number of anilines is 1. The zero-order valence-electron chi connectivity index (χ0n) is 16.7. The predicted octanol–water partition coefficient (Wildman–Crippen LogP) is 2.21. The molecule has 2 N–H and O–H groups in total. The zero-order chi connectivity index (χ0) is 20.7. The summed E-state index contributed by atoms with van der Waals surface area (Å²) in [5.74, 6) is -1.10. The fourth-order valence-corrected chi connectivity index (χ4v) is 3.01. The molecule has 0 aromatic heterocycles. The molecule has 1 aromatic rings. The van der Waals surface area contributed by atoms with E-state index in [1.54, 1.807) is 26.0 Å². The van der Waals surface area contributed by atoms with E-state index < -0.39 is 24.0 Å². The van der Waals surface area contributed by atoms with Crippen LogP contribution in [-0.4, -0.2) is 50.3 Å². The van der Waals surface area contributed by atoms with Gasteiger partial charge in [0.05, 0.1) is 29.5 Å². The normalized spacial score (nSPS) is 16.1. The molecule has 0 saturated heterocycles. The molecule has 1 aliphatic rings. The van der Waals surface area contributed by atoms with Crippen LogP contribution in [0.1, 0.15) is 38.1 Å². The third-order valence-corrected chi connectivity index (χ3v) is 4.44. The predicted molar refractivity (Wildman–Crippen MR) is 105 cm³/mol. The lowest BCUT2D eigenvalue weighted by atomic mass is 10.0. The van der Waals surface area contributed by atoms with Crippen molar-refractivity contribution in [2.24, 2.45) is 0 Å². The van der Waals surface area contributed by atoms with Gasteiger partial charge in [0.2, 0.25) is 0 Å². The highest BCUT2D eigenvalue weighted by molar-refractivity contribution is 5.95. The van der Waals surface area contributed by atoms with Gasteiger partial charge in [-0.05, 0) is 52.0 Å². The van der Waals surface area contributed by atoms with Crippen LogP contribution in [0.4, 0.5) is 10.5 Å². The molecule has 1 aliphatic heterocycles. The molecule has 0 aliphatic carbocycles. The molecule has 1 atom stereocenters. The Bertz CT molecular complexity index is 754. The molecule has 0 radical (unpaired) electrons. The standard InChI is InChI=1S/C20H27N3O5/c1-5-23(6-2)15-10-8-14(9-11-15)18(24)28-12-16-17(19(25)27-7-3)13(4)21-20(26)22-16/h8-11,13H,5-7,12H2,1-4H3,(H2,21,22,26). The summed E-state index contributed by atoms with van der Waals surface area (Å²) >= 11 is 0. The largest absolute Gasteiger partial charge is 0.463 e. The van der Waals surface area contributed by atoms with E-state index in [4.69, 9.17) is 9.47 Å². The van der Waals surface area contributed by atoms with Crippen molar-refractivity contribution in [3.8, 4) is 0 Å². The number of nitrogens with zero attached hydrogens (tertiary/aromatic N) is 1. The molecule has 2 rings (SSSR count). The third-order valence-electron chi connectivity index (χ3n) is 4.44. The van der Waals surface area contributed by atoms with Gasteiger partial charge in [0, 0.05) is 18.8 Å². The number of esters is 2. The van der Waals surface area contributed by atoms with Crippen molar-refractivity contribution in [1.82, 2.24) is 10.6 Å². The number of nitrogens with one attached hydrogen (secondary N) is 2. The van der Waals surface area contributed by atoms with Gasteiger partial charge in [-0.1, -0.05) is 0 Å². The molecule has 2 amide bonds. The molecule has 0 spiro atoms. The number of urea groups is 1. The number of hydrogen-bond acceptors (Lipinski definition) is 6. The van der Waals surface area contributed by atoms with Gasteiger partial charge >= 0.3 is 18.0 Å². The molecule has 1 unspecified atom stereocenters. The summed E-state index contributed by atoms with van der Waals surface area (Å²) < 4.78 is 10.3. The number of hydrogen-bond donors (Lipinski definition) is 2. The van der Waals surface area contributed by atoms with E-state index in [0.717, 1.165) is 18.8 Å². The van der Waals surface area contributed by atoms with Crippen molar-refractivity contribution in [3.05, 3.63) is 41.1 Å². The summed E-state index contributed by atoms with van der Waals surface area (Å²) in [5, 5.41) is 5.12. The first-order valence-electron chi connectivity index (χ1n) is 9.40. The van der Waals surface area contributed by atoms with E-state index in [-0.39, 0.29) is 24.5 Å². The van der Waals surface area contributed by atoms with Crippen LogP contribution in [0, 0.1) is 0 Å². The molecule has 1 aromatic carbocycles. The second kappa shape index (κ2) is 9.77. The van der Waals surface area contributed by atoms with Gasteiger partial charge in [0.1, 0.15) is 6.61 Å². The van der Waals surface area contributed by atoms with E-state index in [9.17, 15) is 14.4 Å². The number of benzene rings is 1. The van der Waals surface area contributed by atoms with Crippen LogP contribution in [0.5, 0.6) is 0 Å². The van der Waals surface area contributed by atoms with Gasteiger partial charge < -0.3 is 25.0 Å². The second-order valence-electron chi connectivity index (χ2n) is 6.23. The van der Waals surface area contributed by atoms with Crippen molar-refractivity contribution in [2.75, 3.05) is 31.2 Å². The van der Waals surface area contributed by atoms with E-state index in [1.807, 2.05) is 12.1 Å². The highest BCUT2D eigenvalue weighted by atomic mass is 16.5. The lowest BCUT2D eigenvalue weighted by Crippen LogP contribution is -2.50. The van der Waals surface area contributed by atoms with Crippen LogP contribution in [0.3, 0.4) is 0 Å². The van der Waals surface area contributed by atoms with Crippen LogP contribution in [-0.2, 0) is 14.3 Å². The average Bonchev–Trinajstić information content (AvgIpc) is 2.67. The topological polar surface area (TPSA) is 97.0 Å². The Hall–Kier alpha value is -3.03. The van der Waals surface area contributed by atoms with E-state index in [1.165, 1.54) is 0 Å². The summed E-state index contributed by atoms with van der Waals surface area (Å²) in [7, 11) is 0. The first-order valence-corrected chi connectivity index (χ1v) is 9.40. The minimum Gasteiger partial charge on any atom is -0.463 e. The Morgan fingerprint density at radius 3 is 2.25 bits per heavy atom. The highest BCUT2D eigenvalue weighted by Crippen LogP contribution is 2.17. The Kier molecular flexibility index (Phi) is 7.43. The Morgan fingerprint density at radius 1 is 1.04 bits per heavy atom. The van der Waals surface area contributed by atoms with Crippen LogP contribution in [0.15, 0.2) is 35.5 Å². The minimum absolute atomic E-state index is 0.203. The van der Waals surface area contributed by atoms with Crippen molar-refractivity contribution < 1.29 is 23.9 Å². The number of carbonyl (C=O) groups excluding carboxylic acids is 3. The molecule has 152 valence electrons. The minimum atomic E-state index is -0.558. The fraction of sp³-hybridized carbons (Fsp3) is 0.450. The SMILES string of the molecule is CCOC(=O)C1=C(COC(=O)c2ccc(N(CC)CC)cc2)NC(=O)NC1C. The molecule has 1 heterocycles. The Labute approximate surface area is 164 Å². The quantitative estimate of drug-likeness (QED) is 0.662. The Morgan fingerprint density at radius 2 is 1.68 bits per heavy atom. The number of rotatable bonds is 8. The van der Waals surface area contributed by atoms with E-state index in [2.05, 4.69) is 29.4 Å². The van der Waals surface area contributed by atoms with Crippen LogP contribution in [0.2, 0.25) is 0 Å². The molecule has 28 heavy (non-hydrogen) atoms. The maximum atomic E-state index is 12.4.